The zero-order chi connectivity index (χ0) is 9.80. The summed E-state index contributed by atoms with van der Waals surface area (Å²) >= 11 is 0. The van der Waals surface area contributed by atoms with Crippen molar-refractivity contribution in [1.29, 1.82) is 0 Å². The Morgan fingerprint density at radius 3 is 2.93 bits per heavy atom. The average Bonchev–Trinajstić information content (AvgIpc) is 2.44. The van der Waals surface area contributed by atoms with Gasteiger partial charge in [-0.15, -0.1) is 0 Å². The molecule has 0 radical (unpaired) electrons. The maximum Gasteiger partial charge on any atom is 0.141 e. The van der Waals surface area contributed by atoms with Gasteiger partial charge in [-0.05, 0) is 25.0 Å². The van der Waals surface area contributed by atoms with Gasteiger partial charge in [-0.25, -0.2) is 0 Å². The molecule has 2 rings (SSSR count). The molecule has 1 aliphatic rings. The lowest BCUT2D eigenvalue weighted by molar-refractivity contribution is -0.120. The third-order valence-corrected chi connectivity index (χ3v) is 2.85. The minimum atomic E-state index is 0.0682. The Balaban J connectivity index is 2.19. The lowest BCUT2D eigenvalue weighted by Crippen LogP contribution is -2.11. The molecule has 0 saturated heterocycles. The predicted molar refractivity (Wildman–Crippen MR) is 55.1 cm³/mol. The quantitative estimate of drug-likeness (QED) is 0.636. The summed E-state index contributed by atoms with van der Waals surface area (Å²) in [5.74, 6) is 0.444. The minimum Gasteiger partial charge on any atom is -0.299 e. The molecule has 0 amide bonds. The summed E-state index contributed by atoms with van der Waals surface area (Å²) < 4.78 is 0. The van der Waals surface area contributed by atoms with Crippen molar-refractivity contribution in [2.45, 2.75) is 38.0 Å². The van der Waals surface area contributed by atoms with Gasteiger partial charge in [-0.3, -0.25) is 9.78 Å². The normalized spacial score (nSPS) is 23.1. The van der Waals surface area contributed by atoms with E-state index >= 15 is 0 Å². The van der Waals surface area contributed by atoms with E-state index in [1.165, 1.54) is 6.42 Å². The summed E-state index contributed by atoms with van der Waals surface area (Å²) in [6.45, 7) is 0. The predicted octanol–water partition coefficient (Wildman–Crippen LogP) is 2.70. The van der Waals surface area contributed by atoms with Gasteiger partial charge in [0.05, 0.1) is 11.6 Å². The van der Waals surface area contributed by atoms with E-state index in [2.05, 4.69) is 4.98 Å². The van der Waals surface area contributed by atoms with Crippen molar-refractivity contribution in [3.8, 4) is 0 Å². The van der Waals surface area contributed by atoms with Crippen LogP contribution in [0.2, 0.25) is 0 Å². The van der Waals surface area contributed by atoms with Gasteiger partial charge in [-0.1, -0.05) is 18.9 Å². The molecule has 0 aromatic carbocycles. The highest BCUT2D eigenvalue weighted by Gasteiger charge is 2.22. The summed E-state index contributed by atoms with van der Waals surface area (Å²) in [6, 6.07) is 5.82. The van der Waals surface area contributed by atoms with Crippen molar-refractivity contribution in [1.82, 2.24) is 4.98 Å². The highest BCUT2D eigenvalue weighted by Crippen LogP contribution is 2.27. The van der Waals surface area contributed by atoms with Crippen LogP contribution in [0.15, 0.2) is 24.4 Å². The highest BCUT2D eigenvalue weighted by atomic mass is 16.1. The van der Waals surface area contributed by atoms with Crippen LogP contribution in [0.5, 0.6) is 0 Å². The van der Waals surface area contributed by atoms with Gasteiger partial charge < -0.3 is 0 Å². The van der Waals surface area contributed by atoms with E-state index in [-0.39, 0.29) is 5.92 Å². The van der Waals surface area contributed by atoms with Gasteiger partial charge in [-0.2, -0.15) is 0 Å². The number of ketones is 1. The fourth-order valence-electron chi connectivity index (χ4n) is 2.05. The number of Topliss-reactive ketones (excluding diaryl/α,β-unsaturated/α-hetero) is 1. The number of rotatable bonds is 1. The van der Waals surface area contributed by atoms with Crippen LogP contribution in [0.3, 0.4) is 0 Å². The molecule has 2 nitrogen and oxygen atoms in total. The van der Waals surface area contributed by atoms with Crippen LogP contribution in [0, 0.1) is 0 Å². The first kappa shape index (κ1) is 9.38. The van der Waals surface area contributed by atoms with Crippen molar-refractivity contribution in [3.63, 3.8) is 0 Å². The summed E-state index contributed by atoms with van der Waals surface area (Å²) in [6.07, 6.45) is 6.90. The first-order valence-corrected chi connectivity index (χ1v) is 5.31. The second-order valence-corrected chi connectivity index (χ2v) is 3.87. The van der Waals surface area contributed by atoms with E-state index in [9.17, 15) is 4.79 Å². The molecule has 0 N–H and O–H groups in total. The summed E-state index contributed by atoms with van der Waals surface area (Å²) in [5, 5.41) is 0. The summed E-state index contributed by atoms with van der Waals surface area (Å²) in [4.78, 5) is 16.0. The number of hydrogen-bond acceptors (Lipinski definition) is 2. The summed E-state index contributed by atoms with van der Waals surface area (Å²) in [5.41, 5.74) is 0.958. The van der Waals surface area contributed by atoms with Crippen molar-refractivity contribution in [2.24, 2.45) is 0 Å². The van der Waals surface area contributed by atoms with Crippen LogP contribution in [-0.2, 0) is 4.79 Å². The largest absolute Gasteiger partial charge is 0.299 e. The molecule has 1 atom stereocenters. The van der Waals surface area contributed by atoms with E-state index in [1.54, 1.807) is 6.20 Å². The van der Waals surface area contributed by atoms with Crippen molar-refractivity contribution in [2.75, 3.05) is 0 Å². The maximum atomic E-state index is 11.8. The Morgan fingerprint density at radius 1 is 1.21 bits per heavy atom. The van der Waals surface area contributed by atoms with E-state index in [4.69, 9.17) is 0 Å². The van der Waals surface area contributed by atoms with Gasteiger partial charge in [0.25, 0.3) is 0 Å². The Hall–Kier alpha value is -1.18. The molecule has 1 aromatic heterocycles. The zero-order valence-corrected chi connectivity index (χ0v) is 8.28. The van der Waals surface area contributed by atoms with Crippen LogP contribution in [0.4, 0.5) is 0 Å². The lowest BCUT2D eigenvalue weighted by atomic mass is 9.95. The molecule has 0 aliphatic heterocycles. The topological polar surface area (TPSA) is 30.0 Å². The number of nitrogens with zero attached hydrogens (tertiary/aromatic N) is 1. The molecule has 0 spiro atoms. The smallest absolute Gasteiger partial charge is 0.141 e. The van der Waals surface area contributed by atoms with E-state index in [1.807, 2.05) is 18.2 Å². The second-order valence-electron chi connectivity index (χ2n) is 3.87. The molecule has 1 aliphatic carbocycles. The Kier molecular flexibility index (Phi) is 2.92. The van der Waals surface area contributed by atoms with Crippen LogP contribution in [0.25, 0.3) is 0 Å². The van der Waals surface area contributed by atoms with Crippen molar-refractivity contribution >= 4 is 5.78 Å². The molecule has 1 fully saturated rings. The second kappa shape index (κ2) is 4.36. The summed E-state index contributed by atoms with van der Waals surface area (Å²) in [7, 11) is 0. The molecule has 1 heterocycles. The lowest BCUT2D eigenvalue weighted by Gasteiger charge is -2.11. The number of carbonyl (C=O) groups is 1. The van der Waals surface area contributed by atoms with Gasteiger partial charge in [0.2, 0.25) is 0 Å². The molecule has 74 valence electrons. The van der Waals surface area contributed by atoms with E-state index in [0.29, 0.717) is 5.78 Å². The number of carbonyl (C=O) groups excluding carboxylic acids is 1. The highest BCUT2D eigenvalue weighted by molar-refractivity contribution is 5.85. The van der Waals surface area contributed by atoms with Gasteiger partial charge in [0.1, 0.15) is 5.78 Å². The van der Waals surface area contributed by atoms with Crippen LogP contribution >= 0.6 is 0 Å². The van der Waals surface area contributed by atoms with Gasteiger partial charge in [0, 0.05) is 12.6 Å². The standard InChI is InChI=1S/C12H15NO/c14-12-8-3-1-2-6-10(12)11-7-4-5-9-13-11/h4-5,7,9-10H,1-3,6,8H2. The zero-order valence-electron chi connectivity index (χ0n) is 8.28. The average molecular weight is 189 g/mol. The van der Waals surface area contributed by atoms with Gasteiger partial charge >= 0.3 is 0 Å². The first-order chi connectivity index (χ1) is 6.88. The minimum absolute atomic E-state index is 0.0682. The van der Waals surface area contributed by atoms with Crippen molar-refractivity contribution < 1.29 is 4.79 Å². The number of pyridine rings is 1. The molecule has 2 heteroatoms. The first-order valence-electron chi connectivity index (χ1n) is 5.31. The van der Waals surface area contributed by atoms with Crippen molar-refractivity contribution in [3.05, 3.63) is 30.1 Å². The Bertz CT molecular complexity index is 307. The molecular weight excluding hydrogens is 174 g/mol. The fraction of sp³-hybridized carbons (Fsp3) is 0.500. The van der Waals surface area contributed by atoms with Crippen LogP contribution in [0.1, 0.15) is 43.7 Å². The van der Waals surface area contributed by atoms with E-state index in [0.717, 1.165) is 31.4 Å². The fourth-order valence-corrected chi connectivity index (χ4v) is 2.05. The van der Waals surface area contributed by atoms with E-state index < -0.39 is 0 Å². The molecule has 14 heavy (non-hydrogen) atoms. The van der Waals surface area contributed by atoms with Crippen LogP contribution < -0.4 is 0 Å². The Labute approximate surface area is 84.4 Å². The molecule has 1 aromatic rings. The number of hydrogen-bond donors (Lipinski definition) is 0. The number of aromatic nitrogens is 1. The Morgan fingerprint density at radius 2 is 2.14 bits per heavy atom. The third-order valence-electron chi connectivity index (χ3n) is 2.85. The SMILES string of the molecule is O=C1CCCCCC1c1ccccn1. The monoisotopic (exact) mass is 189 g/mol. The van der Waals surface area contributed by atoms with Gasteiger partial charge in [0.15, 0.2) is 0 Å². The molecule has 0 bridgehead atoms. The molecule has 1 saturated carbocycles. The third kappa shape index (κ3) is 2.00. The molecule has 1 unspecified atom stereocenters. The molecular formula is C12H15NO. The maximum absolute atomic E-state index is 11.8. The van der Waals surface area contributed by atoms with Crippen LogP contribution in [-0.4, -0.2) is 10.8 Å².